The summed E-state index contributed by atoms with van der Waals surface area (Å²) in [5, 5.41) is 6.42. The van der Waals surface area contributed by atoms with Crippen LogP contribution in [0.1, 0.15) is 20.0 Å². The van der Waals surface area contributed by atoms with Crippen LogP contribution in [-0.2, 0) is 0 Å². The van der Waals surface area contributed by atoms with Crippen LogP contribution in [0.25, 0.3) is 10.1 Å². The number of terminal acetylenes is 1. The average Bonchev–Trinajstić information content (AvgIpc) is 3.04. The van der Waals surface area contributed by atoms with E-state index in [1.165, 1.54) is 11.3 Å². The summed E-state index contributed by atoms with van der Waals surface area (Å²) in [6, 6.07) is 16.5. The van der Waals surface area contributed by atoms with Gasteiger partial charge in [-0.25, -0.2) is 0 Å². The molecule has 2 N–H and O–H groups in total. The number of hydrogen-bond acceptors (Lipinski definition) is 3. The highest BCUT2D eigenvalue weighted by atomic mass is 32.1. The fourth-order valence-electron chi connectivity index (χ4n) is 2.29. The second kappa shape index (κ2) is 6.99. The lowest BCUT2D eigenvalue weighted by molar-refractivity contribution is 0.0959. The van der Waals surface area contributed by atoms with E-state index in [2.05, 4.69) is 16.6 Å². The van der Waals surface area contributed by atoms with E-state index in [1.807, 2.05) is 30.3 Å². The van der Waals surface area contributed by atoms with Crippen molar-refractivity contribution in [3.05, 3.63) is 65.0 Å². The molecule has 3 aromatic rings. The Morgan fingerprint density at radius 2 is 1.79 bits per heavy atom. The highest BCUT2D eigenvalue weighted by Crippen LogP contribution is 2.26. The van der Waals surface area contributed by atoms with Gasteiger partial charge >= 0.3 is 0 Å². The van der Waals surface area contributed by atoms with Crippen LogP contribution >= 0.6 is 11.3 Å². The van der Waals surface area contributed by atoms with Crippen LogP contribution in [0.3, 0.4) is 0 Å². The molecule has 2 aromatic carbocycles. The van der Waals surface area contributed by atoms with Gasteiger partial charge in [-0.1, -0.05) is 36.3 Å². The third kappa shape index (κ3) is 3.29. The molecule has 1 heterocycles. The fourth-order valence-corrected chi connectivity index (χ4v) is 3.25. The zero-order valence-corrected chi connectivity index (χ0v) is 13.5. The fraction of sp³-hybridized carbons (Fsp3) is 0.0526. The second-order valence-corrected chi connectivity index (χ2v) is 6.12. The average molecular weight is 334 g/mol. The minimum atomic E-state index is -0.319. The minimum absolute atomic E-state index is 0.136. The van der Waals surface area contributed by atoms with Gasteiger partial charge in [-0.15, -0.1) is 17.8 Å². The van der Waals surface area contributed by atoms with Gasteiger partial charge < -0.3 is 10.6 Å². The van der Waals surface area contributed by atoms with Crippen molar-refractivity contribution in [2.24, 2.45) is 0 Å². The number of rotatable bonds is 4. The number of carbonyl (C=O) groups excluding carboxylic acids is 2. The molecule has 0 aliphatic heterocycles. The van der Waals surface area contributed by atoms with Gasteiger partial charge in [0, 0.05) is 4.70 Å². The first-order valence-electron chi connectivity index (χ1n) is 7.29. The molecule has 24 heavy (non-hydrogen) atoms. The quantitative estimate of drug-likeness (QED) is 0.717. The molecule has 5 heteroatoms. The molecule has 0 saturated heterocycles. The van der Waals surface area contributed by atoms with Gasteiger partial charge in [0.2, 0.25) is 0 Å². The Labute approximate surface area is 143 Å². The van der Waals surface area contributed by atoms with E-state index in [-0.39, 0.29) is 18.4 Å². The van der Waals surface area contributed by atoms with Gasteiger partial charge in [0.15, 0.2) is 0 Å². The predicted octanol–water partition coefficient (Wildman–Crippen LogP) is 3.52. The molecular weight excluding hydrogens is 320 g/mol. The van der Waals surface area contributed by atoms with Crippen molar-refractivity contribution in [1.82, 2.24) is 5.32 Å². The van der Waals surface area contributed by atoms with Crippen LogP contribution in [0.5, 0.6) is 0 Å². The molecule has 0 fully saturated rings. The molecule has 2 amide bonds. The van der Waals surface area contributed by atoms with Gasteiger partial charge in [-0.2, -0.15) is 0 Å². The lowest BCUT2D eigenvalue weighted by atomic mass is 10.1. The smallest absolute Gasteiger partial charge is 0.265 e. The Kier molecular flexibility index (Phi) is 4.59. The third-order valence-corrected chi connectivity index (χ3v) is 4.54. The Morgan fingerprint density at radius 1 is 1.04 bits per heavy atom. The van der Waals surface area contributed by atoms with E-state index >= 15 is 0 Å². The van der Waals surface area contributed by atoms with Crippen LogP contribution in [0.15, 0.2) is 54.6 Å². The predicted molar refractivity (Wildman–Crippen MR) is 97.4 cm³/mol. The van der Waals surface area contributed by atoms with Crippen molar-refractivity contribution in [2.75, 3.05) is 11.9 Å². The highest BCUT2D eigenvalue weighted by Gasteiger charge is 2.15. The molecule has 0 saturated carbocycles. The zero-order valence-electron chi connectivity index (χ0n) is 12.7. The number of para-hydroxylation sites is 1. The van der Waals surface area contributed by atoms with E-state index in [9.17, 15) is 9.59 Å². The Morgan fingerprint density at radius 3 is 2.58 bits per heavy atom. The summed E-state index contributed by atoms with van der Waals surface area (Å²) in [5.41, 5.74) is 0.830. The molecule has 1 aromatic heterocycles. The summed E-state index contributed by atoms with van der Waals surface area (Å²) in [6.07, 6.45) is 5.15. The highest BCUT2D eigenvalue weighted by molar-refractivity contribution is 7.20. The number of thiophene rings is 1. The van der Waals surface area contributed by atoms with E-state index in [0.717, 1.165) is 10.1 Å². The van der Waals surface area contributed by atoms with Crippen LogP contribution in [0, 0.1) is 12.3 Å². The van der Waals surface area contributed by atoms with Crippen LogP contribution in [0.4, 0.5) is 5.69 Å². The third-order valence-electron chi connectivity index (χ3n) is 3.42. The van der Waals surface area contributed by atoms with Crippen molar-refractivity contribution < 1.29 is 9.59 Å². The van der Waals surface area contributed by atoms with Gasteiger partial charge in [0.1, 0.15) is 0 Å². The van der Waals surface area contributed by atoms with Crippen molar-refractivity contribution in [1.29, 1.82) is 0 Å². The number of carbonyl (C=O) groups is 2. The number of anilines is 1. The first-order valence-corrected chi connectivity index (χ1v) is 8.11. The maximum atomic E-state index is 12.5. The van der Waals surface area contributed by atoms with Crippen molar-refractivity contribution in [3.63, 3.8) is 0 Å². The maximum Gasteiger partial charge on any atom is 0.265 e. The summed E-state index contributed by atoms with van der Waals surface area (Å²) in [6.45, 7) is 0.136. The Balaban J connectivity index is 1.84. The normalized spacial score (nSPS) is 10.1. The number of benzene rings is 2. The molecule has 0 unspecified atom stereocenters. The molecule has 0 bridgehead atoms. The molecule has 0 aliphatic carbocycles. The van der Waals surface area contributed by atoms with E-state index in [0.29, 0.717) is 16.1 Å². The molecular formula is C19H14N2O2S. The lowest BCUT2D eigenvalue weighted by Gasteiger charge is -2.09. The van der Waals surface area contributed by atoms with E-state index < -0.39 is 0 Å². The number of hydrogen-bond donors (Lipinski definition) is 2. The monoisotopic (exact) mass is 334 g/mol. The first kappa shape index (κ1) is 15.8. The number of fused-ring (bicyclic) bond motifs is 1. The van der Waals surface area contributed by atoms with Crippen LogP contribution in [-0.4, -0.2) is 18.4 Å². The maximum absolute atomic E-state index is 12.5. The van der Waals surface area contributed by atoms with E-state index in [4.69, 9.17) is 6.42 Å². The lowest BCUT2D eigenvalue weighted by Crippen LogP contribution is -2.25. The molecule has 4 nitrogen and oxygen atoms in total. The zero-order chi connectivity index (χ0) is 16.9. The van der Waals surface area contributed by atoms with Crippen molar-refractivity contribution in [3.8, 4) is 12.3 Å². The summed E-state index contributed by atoms with van der Waals surface area (Å²) < 4.78 is 1.04. The van der Waals surface area contributed by atoms with Gasteiger partial charge in [-0.3, -0.25) is 9.59 Å². The summed E-state index contributed by atoms with van der Waals surface area (Å²) >= 11 is 1.41. The molecule has 118 valence electrons. The van der Waals surface area contributed by atoms with E-state index in [1.54, 1.807) is 24.3 Å². The van der Waals surface area contributed by atoms with Gasteiger partial charge in [-0.05, 0) is 29.7 Å². The standard InChI is InChI=1S/C19H14N2O2S/c1-2-11-20-18(22)14-8-4-5-9-15(14)21-19(23)17-12-13-7-3-6-10-16(13)24-17/h1,3-10,12H,11H2,(H,20,22)(H,21,23). The van der Waals surface area contributed by atoms with Crippen LogP contribution < -0.4 is 10.6 Å². The minimum Gasteiger partial charge on any atom is -0.341 e. The largest absolute Gasteiger partial charge is 0.341 e. The second-order valence-electron chi connectivity index (χ2n) is 5.03. The number of nitrogens with one attached hydrogen (secondary N) is 2. The first-order chi connectivity index (χ1) is 11.7. The van der Waals surface area contributed by atoms with Crippen molar-refractivity contribution >= 4 is 38.9 Å². The molecule has 0 spiro atoms. The van der Waals surface area contributed by atoms with Gasteiger partial charge in [0.05, 0.1) is 22.7 Å². The topological polar surface area (TPSA) is 58.2 Å². The Hall–Kier alpha value is -3.10. The molecule has 0 atom stereocenters. The molecule has 0 radical (unpaired) electrons. The number of amides is 2. The Bertz CT molecular complexity index is 920. The molecule has 3 rings (SSSR count). The SMILES string of the molecule is C#CCNC(=O)c1ccccc1NC(=O)c1cc2ccccc2s1. The van der Waals surface area contributed by atoms with Crippen molar-refractivity contribution in [2.45, 2.75) is 0 Å². The van der Waals surface area contributed by atoms with Crippen LogP contribution in [0.2, 0.25) is 0 Å². The summed E-state index contributed by atoms with van der Waals surface area (Å²) in [4.78, 5) is 25.2. The molecule has 0 aliphatic rings. The van der Waals surface area contributed by atoms with Gasteiger partial charge in [0.25, 0.3) is 11.8 Å². The summed E-state index contributed by atoms with van der Waals surface area (Å²) in [7, 11) is 0. The summed E-state index contributed by atoms with van der Waals surface area (Å²) in [5.74, 6) is 1.79.